The summed E-state index contributed by atoms with van der Waals surface area (Å²) in [7, 11) is 1.61. The van der Waals surface area contributed by atoms with E-state index in [-0.39, 0.29) is 11.8 Å². The average Bonchev–Trinajstić information content (AvgIpc) is 2.78. The van der Waals surface area contributed by atoms with Crippen LogP contribution in [0.5, 0.6) is 5.75 Å². The molecule has 2 amide bonds. The number of nitrogens with zero attached hydrogens (tertiary/aromatic N) is 1. The van der Waals surface area contributed by atoms with Crippen molar-refractivity contribution in [3.8, 4) is 17.0 Å². The number of pyridine rings is 1. The van der Waals surface area contributed by atoms with E-state index >= 15 is 0 Å². The number of ether oxygens (including phenoxy) is 1. The topological polar surface area (TPSA) is 63.2 Å². The van der Waals surface area contributed by atoms with Gasteiger partial charge in [-0.15, -0.1) is 0 Å². The van der Waals surface area contributed by atoms with Crippen molar-refractivity contribution in [1.29, 1.82) is 0 Å². The molecule has 0 spiro atoms. The molecule has 0 saturated heterocycles. The maximum absolute atomic E-state index is 13.0. The zero-order valence-corrected chi connectivity index (χ0v) is 16.4. The Labute approximate surface area is 173 Å². The SMILES string of the molecule is COc1cc(-c2ccccc2)nc2ccc(NC(=O)NCc3ccc(F)cc3)cc12. The first kappa shape index (κ1) is 19.4. The quantitative estimate of drug-likeness (QED) is 0.472. The summed E-state index contributed by atoms with van der Waals surface area (Å²) >= 11 is 0. The molecular formula is C24H20FN3O2. The summed E-state index contributed by atoms with van der Waals surface area (Å²) in [4.78, 5) is 17.0. The molecule has 4 aromatic rings. The van der Waals surface area contributed by atoms with E-state index in [1.54, 1.807) is 25.3 Å². The first-order valence-corrected chi connectivity index (χ1v) is 9.46. The summed E-state index contributed by atoms with van der Waals surface area (Å²) in [6.45, 7) is 0.297. The van der Waals surface area contributed by atoms with Crippen LogP contribution in [0.15, 0.2) is 78.9 Å². The lowest BCUT2D eigenvalue weighted by Crippen LogP contribution is -2.28. The molecule has 1 aromatic heterocycles. The van der Waals surface area contributed by atoms with E-state index in [2.05, 4.69) is 10.6 Å². The summed E-state index contributed by atoms with van der Waals surface area (Å²) in [6, 6.07) is 22.9. The van der Waals surface area contributed by atoms with Crippen LogP contribution in [0, 0.1) is 5.82 Å². The molecule has 150 valence electrons. The molecule has 0 fully saturated rings. The van der Waals surface area contributed by atoms with Crippen LogP contribution in [0.2, 0.25) is 0 Å². The summed E-state index contributed by atoms with van der Waals surface area (Å²) in [6.07, 6.45) is 0. The molecule has 0 aliphatic carbocycles. The van der Waals surface area contributed by atoms with E-state index in [0.717, 1.165) is 27.7 Å². The van der Waals surface area contributed by atoms with E-state index in [0.29, 0.717) is 18.0 Å². The van der Waals surface area contributed by atoms with Crippen molar-refractivity contribution < 1.29 is 13.9 Å². The van der Waals surface area contributed by atoms with Crippen LogP contribution in [0.3, 0.4) is 0 Å². The van der Waals surface area contributed by atoms with Gasteiger partial charge in [-0.05, 0) is 35.9 Å². The Bertz CT molecular complexity index is 1180. The second-order valence-corrected chi connectivity index (χ2v) is 6.74. The number of methoxy groups -OCH3 is 1. The molecule has 0 saturated carbocycles. The van der Waals surface area contributed by atoms with Gasteiger partial charge in [-0.25, -0.2) is 14.2 Å². The third-order valence-electron chi connectivity index (χ3n) is 4.68. The number of urea groups is 1. The molecule has 0 atom stereocenters. The first-order valence-electron chi connectivity index (χ1n) is 9.46. The van der Waals surface area contributed by atoms with Crippen molar-refractivity contribution in [2.75, 3.05) is 12.4 Å². The fourth-order valence-electron chi connectivity index (χ4n) is 3.16. The zero-order chi connectivity index (χ0) is 20.9. The molecule has 0 unspecified atom stereocenters. The maximum atomic E-state index is 13.0. The number of nitrogens with one attached hydrogen (secondary N) is 2. The highest BCUT2D eigenvalue weighted by molar-refractivity contribution is 5.95. The first-order chi connectivity index (χ1) is 14.6. The van der Waals surface area contributed by atoms with Gasteiger partial charge in [0.25, 0.3) is 0 Å². The predicted molar refractivity (Wildman–Crippen MR) is 116 cm³/mol. The van der Waals surface area contributed by atoms with Gasteiger partial charge in [0.2, 0.25) is 0 Å². The van der Waals surface area contributed by atoms with Crippen molar-refractivity contribution in [3.05, 3.63) is 90.2 Å². The maximum Gasteiger partial charge on any atom is 0.319 e. The van der Waals surface area contributed by atoms with Gasteiger partial charge in [0.1, 0.15) is 11.6 Å². The second-order valence-electron chi connectivity index (χ2n) is 6.74. The minimum atomic E-state index is -0.355. The van der Waals surface area contributed by atoms with E-state index in [9.17, 15) is 9.18 Å². The molecule has 0 aliphatic rings. The molecular weight excluding hydrogens is 381 g/mol. The van der Waals surface area contributed by atoms with Crippen molar-refractivity contribution in [2.24, 2.45) is 0 Å². The largest absolute Gasteiger partial charge is 0.496 e. The summed E-state index contributed by atoms with van der Waals surface area (Å²) in [5, 5.41) is 6.36. The fraction of sp³-hybridized carbons (Fsp3) is 0.0833. The summed E-state index contributed by atoms with van der Waals surface area (Å²) < 4.78 is 18.5. The highest BCUT2D eigenvalue weighted by Gasteiger charge is 2.10. The number of carbonyl (C=O) groups is 1. The van der Waals surface area contributed by atoms with Crippen LogP contribution in [-0.2, 0) is 6.54 Å². The van der Waals surface area contributed by atoms with Crippen LogP contribution < -0.4 is 15.4 Å². The van der Waals surface area contributed by atoms with Gasteiger partial charge in [-0.1, -0.05) is 42.5 Å². The lowest BCUT2D eigenvalue weighted by Gasteiger charge is -2.12. The second kappa shape index (κ2) is 8.61. The number of anilines is 1. The smallest absolute Gasteiger partial charge is 0.319 e. The predicted octanol–water partition coefficient (Wildman–Crippen LogP) is 5.37. The Morgan fingerprint density at radius 2 is 1.77 bits per heavy atom. The molecule has 0 radical (unpaired) electrons. The van der Waals surface area contributed by atoms with E-state index in [4.69, 9.17) is 9.72 Å². The van der Waals surface area contributed by atoms with Gasteiger partial charge < -0.3 is 15.4 Å². The van der Waals surface area contributed by atoms with Gasteiger partial charge in [-0.3, -0.25) is 0 Å². The van der Waals surface area contributed by atoms with Gasteiger partial charge in [0.05, 0.1) is 18.3 Å². The summed E-state index contributed by atoms with van der Waals surface area (Å²) in [5.41, 5.74) is 4.01. The molecule has 30 heavy (non-hydrogen) atoms. The normalized spacial score (nSPS) is 10.6. The third kappa shape index (κ3) is 4.38. The fourth-order valence-corrected chi connectivity index (χ4v) is 3.16. The number of benzene rings is 3. The molecule has 2 N–H and O–H groups in total. The van der Waals surface area contributed by atoms with Crippen LogP contribution in [0.4, 0.5) is 14.9 Å². The van der Waals surface area contributed by atoms with E-state index < -0.39 is 0 Å². The Morgan fingerprint density at radius 3 is 2.50 bits per heavy atom. The van der Waals surface area contributed by atoms with Crippen LogP contribution in [-0.4, -0.2) is 18.1 Å². The number of amides is 2. The number of carbonyl (C=O) groups excluding carboxylic acids is 1. The zero-order valence-electron chi connectivity index (χ0n) is 16.4. The molecule has 3 aromatic carbocycles. The number of halogens is 1. The Kier molecular flexibility index (Phi) is 5.57. The van der Waals surface area contributed by atoms with Gasteiger partial charge in [0, 0.05) is 29.2 Å². The highest BCUT2D eigenvalue weighted by atomic mass is 19.1. The number of hydrogen-bond acceptors (Lipinski definition) is 3. The molecule has 6 heteroatoms. The van der Waals surface area contributed by atoms with Crippen LogP contribution >= 0.6 is 0 Å². The number of fused-ring (bicyclic) bond motifs is 1. The molecule has 5 nitrogen and oxygen atoms in total. The van der Waals surface area contributed by atoms with E-state index in [1.807, 2.05) is 48.5 Å². The van der Waals surface area contributed by atoms with Crippen LogP contribution in [0.25, 0.3) is 22.2 Å². The summed E-state index contributed by atoms with van der Waals surface area (Å²) in [5.74, 6) is 0.367. The molecule has 4 rings (SSSR count). The third-order valence-corrected chi connectivity index (χ3v) is 4.68. The van der Waals surface area contributed by atoms with Crippen molar-refractivity contribution in [1.82, 2.24) is 10.3 Å². The highest BCUT2D eigenvalue weighted by Crippen LogP contribution is 2.31. The molecule has 1 heterocycles. The minimum Gasteiger partial charge on any atom is -0.496 e. The van der Waals surface area contributed by atoms with Gasteiger partial charge in [-0.2, -0.15) is 0 Å². The Balaban J connectivity index is 1.52. The molecule has 0 aliphatic heterocycles. The van der Waals surface area contributed by atoms with Gasteiger partial charge in [0.15, 0.2) is 0 Å². The minimum absolute atomic E-state index is 0.297. The van der Waals surface area contributed by atoms with Crippen LogP contribution in [0.1, 0.15) is 5.56 Å². The van der Waals surface area contributed by atoms with Crippen molar-refractivity contribution in [2.45, 2.75) is 6.54 Å². The number of hydrogen-bond donors (Lipinski definition) is 2. The standard InChI is InChI=1S/C24H20FN3O2/c1-30-23-14-22(17-5-3-2-4-6-17)28-21-12-11-19(13-20(21)23)27-24(29)26-15-16-7-9-18(25)10-8-16/h2-14H,15H2,1H3,(H2,26,27,29). The molecule has 0 bridgehead atoms. The Hall–Kier alpha value is -3.93. The average molecular weight is 401 g/mol. The lowest BCUT2D eigenvalue weighted by atomic mass is 10.1. The lowest BCUT2D eigenvalue weighted by molar-refractivity contribution is 0.251. The number of aromatic nitrogens is 1. The van der Waals surface area contributed by atoms with Crippen molar-refractivity contribution in [3.63, 3.8) is 0 Å². The Morgan fingerprint density at radius 1 is 1.00 bits per heavy atom. The van der Waals surface area contributed by atoms with Crippen molar-refractivity contribution >= 4 is 22.6 Å². The van der Waals surface area contributed by atoms with Gasteiger partial charge >= 0.3 is 6.03 Å². The monoisotopic (exact) mass is 401 g/mol. The van der Waals surface area contributed by atoms with E-state index in [1.165, 1.54) is 12.1 Å². The number of rotatable bonds is 5.